The van der Waals surface area contributed by atoms with Crippen molar-refractivity contribution >= 4 is 27.9 Å². The summed E-state index contributed by atoms with van der Waals surface area (Å²) in [7, 11) is 0. The van der Waals surface area contributed by atoms with E-state index in [1.165, 1.54) is 15.9 Å². The van der Waals surface area contributed by atoms with E-state index >= 15 is 0 Å². The van der Waals surface area contributed by atoms with Gasteiger partial charge in [0.25, 0.3) is 0 Å². The summed E-state index contributed by atoms with van der Waals surface area (Å²) in [6.45, 7) is 7.06. The lowest BCUT2D eigenvalue weighted by molar-refractivity contribution is 0.113. The third kappa shape index (κ3) is 3.50. The highest BCUT2D eigenvalue weighted by Crippen LogP contribution is 2.41. The van der Waals surface area contributed by atoms with Crippen LogP contribution in [0, 0.1) is 0 Å². The number of rotatable bonds is 5. The smallest absolute Gasteiger partial charge is 0.230 e. The molecule has 0 bridgehead atoms. The van der Waals surface area contributed by atoms with Crippen molar-refractivity contribution in [3.05, 3.63) is 58.1 Å². The lowest BCUT2D eigenvalue weighted by atomic mass is 10.0. The van der Waals surface area contributed by atoms with Crippen molar-refractivity contribution in [3.63, 3.8) is 0 Å². The first-order valence-corrected chi connectivity index (χ1v) is 11.2. The van der Waals surface area contributed by atoms with E-state index in [1.54, 1.807) is 18.4 Å². The molecule has 1 aliphatic rings. The van der Waals surface area contributed by atoms with E-state index in [1.807, 2.05) is 18.2 Å². The average molecular weight is 444 g/mol. The zero-order chi connectivity index (χ0) is 20.7. The van der Waals surface area contributed by atoms with Crippen molar-refractivity contribution in [2.24, 2.45) is 0 Å². The Labute approximate surface area is 183 Å². The van der Waals surface area contributed by atoms with Gasteiger partial charge >= 0.3 is 0 Å². The molecule has 0 aliphatic carbocycles. The molecule has 156 valence electrons. The number of furan rings is 1. The molecule has 1 aromatic carbocycles. The number of fused-ring (bicyclic) bond motifs is 1. The first-order chi connectivity index (χ1) is 14.6. The molecular formula is C21H22ClN5O2S. The Morgan fingerprint density at radius 2 is 2.03 bits per heavy atom. The topological polar surface area (TPSA) is 70.0 Å². The second kappa shape index (κ2) is 8.03. The van der Waals surface area contributed by atoms with Crippen LogP contribution in [0.15, 0.2) is 47.1 Å². The molecule has 4 heterocycles. The maximum Gasteiger partial charge on any atom is 0.230 e. The first kappa shape index (κ1) is 19.6. The summed E-state index contributed by atoms with van der Waals surface area (Å²) in [5.41, 5.74) is 1.05. The van der Waals surface area contributed by atoms with E-state index in [9.17, 15) is 5.11 Å². The highest BCUT2D eigenvalue weighted by molar-refractivity contribution is 7.17. The van der Waals surface area contributed by atoms with E-state index in [0.717, 1.165) is 43.2 Å². The lowest BCUT2D eigenvalue weighted by Crippen LogP contribution is -2.47. The van der Waals surface area contributed by atoms with Crippen molar-refractivity contribution in [1.82, 2.24) is 24.4 Å². The van der Waals surface area contributed by atoms with Gasteiger partial charge in [-0.15, -0.1) is 5.10 Å². The third-order valence-corrected chi connectivity index (χ3v) is 6.88. The van der Waals surface area contributed by atoms with E-state index in [4.69, 9.17) is 16.0 Å². The first-order valence-electron chi connectivity index (χ1n) is 9.98. The number of thiazole rings is 1. The molecule has 4 aromatic rings. The van der Waals surface area contributed by atoms with Crippen molar-refractivity contribution in [2.75, 3.05) is 32.7 Å². The summed E-state index contributed by atoms with van der Waals surface area (Å²) >= 11 is 7.76. The molecule has 0 radical (unpaired) electrons. The van der Waals surface area contributed by atoms with Crippen molar-refractivity contribution in [3.8, 4) is 17.5 Å². The number of hydrogen-bond donors (Lipinski definition) is 1. The normalized spacial score (nSPS) is 17.0. The number of halogens is 1. The minimum Gasteiger partial charge on any atom is -0.492 e. The van der Waals surface area contributed by atoms with Crippen LogP contribution >= 0.6 is 22.9 Å². The molecule has 3 aromatic heterocycles. The van der Waals surface area contributed by atoms with Gasteiger partial charge in [0.15, 0.2) is 5.76 Å². The Kier molecular flexibility index (Phi) is 5.24. The predicted molar refractivity (Wildman–Crippen MR) is 117 cm³/mol. The summed E-state index contributed by atoms with van der Waals surface area (Å²) in [6, 6.07) is 11.4. The number of aromatic hydroxyl groups is 1. The summed E-state index contributed by atoms with van der Waals surface area (Å²) in [5.74, 6) is 1.15. The Morgan fingerprint density at radius 3 is 2.70 bits per heavy atom. The van der Waals surface area contributed by atoms with Gasteiger partial charge in [-0.2, -0.15) is 9.50 Å². The Bertz CT molecular complexity index is 1150. The van der Waals surface area contributed by atoms with Crippen LogP contribution in [0.1, 0.15) is 23.4 Å². The van der Waals surface area contributed by atoms with Crippen LogP contribution in [0.3, 0.4) is 0 Å². The minimum atomic E-state index is -0.108. The fraction of sp³-hybridized carbons (Fsp3) is 0.333. The highest BCUT2D eigenvalue weighted by Gasteiger charge is 2.31. The second-order valence-electron chi connectivity index (χ2n) is 7.32. The molecular weight excluding hydrogens is 422 g/mol. The monoisotopic (exact) mass is 443 g/mol. The van der Waals surface area contributed by atoms with E-state index < -0.39 is 0 Å². The van der Waals surface area contributed by atoms with Crippen LogP contribution in [0.4, 0.5) is 0 Å². The molecule has 0 spiro atoms. The molecule has 5 rings (SSSR count). The van der Waals surface area contributed by atoms with Crippen molar-refractivity contribution in [1.29, 1.82) is 0 Å². The zero-order valence-corrected chi connectivity index (χ0v) is 18.1. The third-order valence-electron chi connectivity index (χ3n) is 5.57. The Balaban J connectivity index is 1.56. The standard InChI is InChI=1S/C21H22ClN5O2S/c1-2-25-8-10-26(11-9-25)17(14-5-3-6-15(22)13-14)18-20(28)27-21(30-18)23-19(24-27)16-7-4-12-29-16/h3-7,12-13,17,28H,2,8-11H2,1H3. The second-order valence-corrected chi connectivity index (χ2v) is 8.77. The van der Waals surface area contributed by atoms with Gasteiger partial charge in [0.05, 0.1) is 17.2 Å². The van der Waals surface area contributed by atoms with Gasteiger partial charge in [-0.05, 0) is 36.4 Å². The molecule has 1 atom stereocenters. The fourth-order valence-corrected chi connectivity index (χ4v) is 5.30. The lowest BCUT2D eigenvalue weighted by Gasteiger charge is -2.38. The molecule has 1 fully saturated rings. The van der Waals surface area contributed by atoms with Crippen molar-refractivity contribution in [2.45, 2.75) is 13.0 Å². The maximum absolute atomic E-state index is 11.1. The fourth-order valence-electron chi connectivity index (χ4n) is 3.98. The van der Waals surface area contributed by atoms with E-state index in [2.05, 4.69) is 32.9 Å². The van der Waals surface area contributed by atoms with E-state index in [-0.39, 0.29) is 11.9 Å². The van der Waals surface area contributed by atoms with Gasteiger partial charge in [0.2, 0.25) is 16.7 Å². The van der Waals surface area contributed by atoms with Gasteiger partial charge in [-0.3, -0.25) is 4.90 Å². The van der Waals surface area contributed by atoms with Crippen LogP contribution in [0.2, 0.25) is 5.02 Å². The molecule has 1 N–H and O–H groups in total. The van der Waals surface area contributed by atoms with Crippen LogP contribution in [0.25, 0.3) is 16.5 Å². The number of aromatic nitrogens is 3. The number of hydrogen-bond acceptors (Lipinski definition) is 7. The summed E-state index contributed by atoms with van der Waals surface area (Å²) in [6.07, 6.45) is 1.58. The van der Waals surface area contributed by atoms with Crippen LogP contribution in [-0.2, 0) is 0 Å². The predicted octanol–water partition coefficient (Wildman–Crippen LogP) is 4.14. The zero-order valence-electron chi connectivity index (χ0n) is 16.5. The quantitative estimate of drug-likeness (QED) is 0.500. The number of benzene rings is 1. The van der Waals surface area contributed by atoms with E-state index in [0.29, 0.717) is 21.6 Å². The number of likely N-dealkylation sites (N-methyl/N-ethyl adjacent to an activating group) is 1. The summed E-state index contributed by atoms with van der Waals surface area (Å²) in [5, 5.41) is 16.2. The molecule has 1 unspecified atom stereocenters. The van der Waals surface area contributed by atoms with Crippen LogP contribution in [0.5, 0.6) is 5.88 Å². The average Bonchev–Trinajstić information content (AvgIpc) is 3.48. The van der Waals surface area contributed by atoms with Crippen molar-refractivity contribution < 1.29 is 9.52 Å². The summed E-state index contributed by atoms with van der Waals surface area (Å²) in [4.78, 5) is 10.9. The largest absolute Gasteiger partial charge is 0.492 e. The van der Waals surface area contributed by atoms with Gasteiger partial charge in [-0.25, -0.2) is 0 Å². The van der Waals surface area contributed by atoms with Gasteiger partial charge in [0.1, 0.15) is 0 Å². The Morgan fingerprint density at radius 1 is 1.20 bits per heavy atom. The maximum atomic E-state index is 11.1. The van der Waals surface area contributed by atoms with Gasteiger partial charge in [-0.1, -0.05) is 42.0 Å². The SMILES string of the molecule is CCN1CCN(C(c2cccc(Cl)c2)c2sc3nc(-c4ccco4)nn3c2O)CC1. The minimum absolute atomic E-state index is 0.108. The molecule has 1 aliphatic heterocycles. The molecule has 9 heteroatoms. The number of nitrogens with zero attached hydrogens (tertiary/aromatic N) is 5. The van der Waals surface area contributed by atoms with Gasteiger partial charge in [0, 0.05) is 31.2 Å². The molecule has 7 nitrogen and oxygen atoms in total. The van der Waals surface area contributed by atoms with Crippen LogP contribution in [-0.4, -0.2) is 62.2 Å². The van der Waals surface area contributed by atoms with Gasteiger partial charge < -0.3 is 14.4 Å². The molecule has 0 amide bonds. The Hall–Kier alpha value is -2.39. The summed E-state index contributed by atoms with van der Waals surface area (Å²) < 4.78 is 6.89. The molecule has 1 saturated heterocycles. The van der Waals surface area contributed by atoms with Crippen LogP contribution < -0.4 is 0 Å². The molecule has 0 saturated carbocycles. The molecule has 30 heavy (non-hydrogen) atoms. The highest BCUT2D eigenvalue weighted by atomic mass is 35.5. The number of piperazine rings is 1.